The molecule has 0 aliphatic carbocycles. The number of aromatic nitrogens is 1. The number of carbonyl (C=O) groups is 1. The third kappa shape index (κ3) is 3.46. The number of hydrogen-bond acceptors (Lipinski definition) is 4. The zero-order valence-corrected chi connectivity index (χ0v) is 17.5. The molecule has 7 heteroatoms. The van der Waals surface area contributed by atoms with E-state index in [1.165, 1.54) is 5.69 Å². The molecule has 154 valence electrons. The third-order valence-corrected chi connectivity index (χ3v) is 6.27. The number of nitrogens with zero attached hydrogens (tertiary/aromatic N) is 4. The summed E-state index contributed by atoms with van der Waals surface area (Å²) in [6.45, 7) is 4.19. The van der Waals surface area contributed by atoms with Crippen LogP contribution < -0.4 is 0 Å². The van der Waals surface area contributed by atoms with Crippen LogP contribution in [0.25, 0.3) is 0 Å². The van der Waals surface area contributed by atoms with Crippen molar-refractivity contribution in [3.05, 3.63) is 83.0 Å². The number of benzene rings is 1. The normalized spacial score (nSPS) is 21.5. The average Bonchev–Trinajstić information content (AvgIpc) is 3.50. The van der Waals surface area contributed by atoms with Crippen molar-refractivity contribution < 1.29 is 9.21 Å². The first kappa shape index (κ1) is 19.2. The zero-order valence-electron chi connectivity index (χ0n) is 16.7. The van der Waals surface area contributed by atoms with Crippen molar-refractivity contribution in [3.8, 4) is 0 Å². The second kappa shape index (κ2) is 7.78. The number of amides is 1. The Labute approximate surface area is 180 Å². The van der Waals surface area contributed by atoms with E-state index in [0.29, 0.717) is 18.0 Å². The van der Waals surface area contributed by atoms with Gasteiger partial charge in [0, 0.05) is 42.5 Å². The number of furan rings is 1. The van der Waals surface area contributed by atoms with Gasteiger partial charge in [-0.15, -0.1) is 0 Å². The number of carbonyl (C=O) groups excluding carboxylic acids is 1. The summed E-state index contributed by atoms with van der Waals surface area (Å²) in [5, 5.41) is 6.99. The standard InChI is InChI=1S/C23H23ClN4O2/c1-16-20-4-2-10-26(20)11-12-27(16)15-23(29)28-21(22-5-3-13-30-22)14-19(25-28)17-6-8-18(24)9-7-17/h2-10,13,16,21H,11-12,14-15H2,1H3/t16-,21+/m0/s1. The van der Waals surface area contributed by atoms with E-state index in [9.17, 15) is 4.79 Å². The van der Waals surface area contributed by atoms with Crippen LogP contribution >= 0.6 is 11.6 Å². The molecular formula is C23H23ClN4O2. The van der Waals surface area contributed by atoms with Crippen LogP contribution in [-0.4, -0.2) is 39.2 Å². The summed E-state index contributed by atoms with van der Waals surface area (Å²) in [5.74, 6) is 0.726. The minimum atomic E-state index is -0.234. The number of hydrogen-bond donors (Lipinski definition) is 0. The molecule has 0 spiro atoms. The predicted octanol–water partition coefficient (Wildman–Crippen LogP) is 4.49. The molecule has 0 radical (unpaired) electrons. The molecule has 2 atom stereocenters. The van der Waals surface area contributed by atoms with E-state index in [0.717, 1.165) is 30.1 Å². The number of fused-ring (bicyclic) bond motifs is 1. The lowest BCUT2D eigenvalue weighted by atomic mass is 10.0. The van der Waals surface area contributed by atoms with Crippen molar-refractivity contribution >= 4 is 23.2 Å². The topological polar surface area (TPSA) is 54.0 Å². The van der Waals surface area contributed by atoms with Crippen LogP contribution in [0, 0.1) is 0 Å². The largest absolute Gasteiger partial charge is 0.467 e. The Morgan fingerprint density at radius 3 is 2.77 bits per heavy atom. The molecule has 1 aromatic carbocycles. The highest BCUT2D eigenvalue weighted by Gasteiger charge is 2.36. The molecule has 0 fully saturated rings. The summed E-state index contributed by atoms with van der Waals surface area (Å²) in [7, 11) is 0. The minimum absolute atomic E-state index is 0.0211. The molecule has 0 bridgehead atoms. The Morgan fingerprint density at radius 1 is 1.17 bits per heavy atom. The molecule has 5 rings (SSSR count). The van der Waals surface area contributed by atoms with Crippen LogP contribution in [0.5, 0.6) is 0 Å². The van der Waals surface area contributed by atoms with E-state index in [2.05, 4.69) is 34.7 Å². The molecule has 2 aliphatic rings. The summed E-state index contributed by atoms with van der Waals surface area (Å²) >= 11 is 6.03. The number of halogens is 1. The van der Waals surface area contributed by atoms with Gasteiger partial charge in [0.1, 0.15) is 11.8 Å². The van der Waals surface area contributed by atoms with Crippen LogP contribution in [0.15, 0.2) is 70.5 Å². The molecule has 0 N–H and O–H groups in total. The van der Waals surface area contributed by atoms with Gasteiger partial charge in [0.2, 0.25) is 0 Å². The first-order valence-corrected chi connectivity index (χ1v) is 10.6. The molecule has 1 amide bonds. The van der Waals surface area contributed by atoms with Crippen LogP contribution in [0.4, 0.5) is 0 Å². The van der Waals surface area contributed by atoms with Crippen LogP contribution in [0.2, 0.25) is 5.02 Å². The SMILES string of the molecule is C[C@H]1c2cccn2CCN1CC(=O)N1N=C(c2ccc(Cl)cc2)C[C@@H]1c1ccco1. The van der Waals surface area contributed by atoms with Gasteiger partial charge in [-0.1, -0.05) is 23.7 Å². The van der Waals surface area contributed by atoms with Gasteiger partial charge in [-0.25, -0.2) is 5.01 Å². The molecule has 0 saturated carbocycles. The van der Waals surface area contributed by atoms with Gasteiger partial charge < -0.3 is 8.98 Å². The molecule has 3 aromatic rings. The molecule has 0 saturated heterocycles. The maximum Gasteiger partial charge on any atom is 0.257 e. The van der Waals surface area contributed by atoms with Crippen molar-refractivity contribution in [2.24, 2.45) is 5.10 Å². The van der Waals surface area contributed by atoms with Gasteiger partial charge in [0.15, 0.2) is 0 Å². The summed E-state index contributed by atoms with van der Waals surface area (Å²) in [5.41, 5.74) is 3.07. The lowest BCUT2D eigenvalue weighted by molar-refractivity contribution is -0.135. The highest BCUT2D eigenvalue weighted by molar-refractivity contribution is 6.30. The summed E-state index contributed by atoms with van der Waals surface area (Å²) in [4.78, 5) is 15.6. The summed E-state index contributed by atoms with van der Waals surface area (Å²) < 4.78 is 7.90. The third-order valence-electron chi connectivity index (χ3n) is 6.02. The highest BCUT2D eigenvalue weighted by Crippen LogP contribution is 2.34. The van der Waals surface area contributed by atoms with Crippen molar-refractivity contribution in [2.45, 2.75) is 32.0 Å². The minimum Gasteiger partial charge on any atom is -0.467 e. The van der Waals surface area contributed by atoms with Crippen molar-refractivity contribution in [2.75, 3.05) is 13.1 Å². The second-order valence-corrected chi connectivity index (χ2v) is 8.24. The van der Waals surface area contributed by atoms with Gasteiger partial charge in [0.05, 0.1) is 18.5 Å². The number of rotatable bonds is 4. The van der Waals surface area contributed by atoms with Crippen LogP contribution in [0.1, 0.15) is 42.4 Å². The van der Waals surface area contributed by atoms with Crippen molar-refractivity contribution in [1.82, 2.24) is 14.5 Å². The first-order chi connectivity index (χ1) is 14.6. The monoisotopic (exact) mass is 422 g/mol. The lowest BCUT2D eigenvalue weighted by Gasteiger charge is -2.35. The molecule has 30 heavy (non-hydrogen) atoms. The fourth-order valence-electron chi connectivity index (χ4n) is 4.35. The van der Waals surface area contributed by atoms with E-state index < -0.39 is 0 Å². The van der Waals surface area contributed by atoms with Gasteiger partial charge in [-0.2, -0.15) is 5.10 Å². The first-order valence-electron chi connectivity index (χ1n) is 10.2. The highest BCUT2D eigenvalue weighted by atomic mass is 35.5. The maximum absolute atomic E-state index is 13.4. The van der Waals surface area contributed by atoms with Crippen LogP contribution in [0.3, 0.4) is 0 Å². The molecule has 2 aliphatic heterocycles. The fourth-order valence-corrected chi connectivity index (χ4v) is 4.47. The number of hydrazone groups is 1. The summed E-state index contributed by atoms with van der Waals surface area (Å²) in [6.07, 6.45) is 4.35. The fraction of sp³-hybridized carbons (Fsp3) is 0.304. The molecule has 6 nitrogen and oxygen atoms in total. The molecule has 2 aromatic heterocycles. The van der Waals surface area contributed by atoms with Crippen LogP contribution in [-0.2, 0) is 11.3 Å². The summed E-state index contributed by atoms with van der Waals surface area (Å²) in [6, 6.07) is 15.5. The van der Waals surface area contributed by atoms with Gasteiger partial charge >= 0.3 is 0 Å². The van der Waals surface area contributed by atoms with E-state index in [4.69, 9.17) is 21.1 Å². The quantitative estimate of drug-likeness (QED) is 0.622. The Bertz CT molecular complexity index is 1070. The average molecular weight is 423 g/mol. The van der Waals surface area contributed by atoms with Gasteiger partial charge in [-0.3, -0.25) is 9.69 Å². The van der Waals surface area contributed by atoms with Gasteiger partial charge in [0.25, 0.3) is 5.91 Å². The van der Waals surface area contributed by atoms with E-state index in [1.807, 2.05) is 36.4 Å². The Balaban J connectivity index is 1.39. The Hall–Kier alpha value is -2.83. The zero-order chi connectivity index (χ0) is 20.7. The van der Waals surface area contributed by atoms with Crippen molar-refractivity contribution in [1.29, 1.82) is 0 Å². The van der Waals surface area contributed by atoms with E-state index in [-0.39, 0.29) is 18.0 Å². The van der Waals surface area contributed by atoms with Gasteiger partial charge in [-0.05, 0) is 48.9 Å². The molecule has 4 heterocycles. The maximum atomic E-state index is 13.4. The lowest BCUT2D eigenvalue weighted by Crippen LogP contribution is -2.43. The smallest absolute Gasteiger partial charge is 0.257 e. The van der Waals surface area contributed by atoms with Crippen molar-refractivity contribution in [3.63, 3.8) is 0 Å². The van der Waals surface area contributed by atoms with E-state index >= 15 is 0 Å². The Morgan fingerprint density at radius 2 is 2.00 bits per heavy atom. The molecule has 0 unspecified atom stereocenters. The molecular weight excluding hydrogens is 400 g/mol. The predicted molar refractivity (Wildman–Crippen MR) is 115 cm³/mol. The van der Waals surface area contributed by atoms with E-state index in [1.54, 1.807) is 11.3 Å². The Kier molecular flexibility index (Phi) is 4.97. The second-order valence-electron chi connectivity index (χ2n) is 7.80.